The number of piperidine rings is 1. The smallest absolute Gasteiger partial charge is 0.276 e. The molecule has 1 aliphatic heterocycles. The number of aromatic nitrogens is 3. The van der Waals surface area contributed by atoms with E-state index in [1.807, 2.05) is 17.0 Å². The second kappa shape index (κ2) is 11.3. The van der Waals surface area contributed by atoms with Crippen LogP contribution in [0, 0.1) is 0 Å². The third-order valence-electron chi connectivity index (χ3n) is 6.70. The monoisotopic (exact) mass is 551 g/mol. The molecule has 2 aromatic carbocycles. The average molecular weight is 552 g/mol. The maximum atomic E-state index is 12.8. The van der Waals surface area contributed by atoms with Gasteiger partial charge in [-0.25, -0.2) is 4.98 Å². The summed E-state index contributed by atoms with van der Waals surface area (Å²) in [5.74, 6) is 0.790. The van der Waals surface area contributed by atoms with E-state index >= 15 is 0 Å². The van der Waals surface area contributed by atoms with Crippen LogP contribution in [0.3, 0.4) is 0 Å². The lowest BCUT2D eigenvalue weighted by atomic mass is 9.97. The highest BCUT2D eigenvalue weighted by molar-refractivity contribution is 7.10. The van der Waals surface area contributed by atoms with Crippen molar-refractivity contribution in [1.82, 2.24) is 20.1 Å². The minimum absolute atomic E-state index is 0.0191. The summed E-state index contributed by atoms with van der Waals surface area (Å²) < 4.78 is 5.12. The number of hydrogen-bond acceptors (Lipinski definition) is 7. The molecule has 2 amide bonds. The standard InChI is InChI=1S/C27H26ClN5O4S/c1-37-18-7-5-16(6-8-18)22(34)9-10-23(35)33-13-11-17(12-14-33)27-29-21(15-38-27)26(36)30-25-24-19(28)3-2-4-20(24)31-32-25/h2-8,15,17H,9-14H2,1H3,(H2,30,31,32,36). The Hall–Kier alpha value is -3.76. The molecule has 38 heavy (non-hydrogen) atoms. The predicted octanol–water partition coefficient (Wildman–Crippen LogP) is 5.30. The molecule has 11 heteroatoms. The van der Waals surface area contributed by atoms with Gasteiger partial charge >= 0.3 is 0 Å². The molecule has 0 atom stereocenters. The van der Waals surface area contributed by atoms with Crippen LogP contribution in [-0.4, -0.2) is 57.9 Å². The Kier molecular flexibility index (Phi) is 7.71. The molecule has 196 valence electrons. The number of benzene rings is 2. The molecule has 1 fully saturated rings. The summed E-state index contributed by atoms with van der Waals surface area (Å²) >= 11 is 7.72. The number of H-pyrrole nitrogens is 1. The van der Waals surface area contributed by atoms with Gasteiger partial charge in [-0.1, -0.05) is 17.7 Å². The highest BCUT2D eigenvalue weighted by Gasteiger charge is 2.27. The van der Waals surface area contributed by atoms with Gasteiger partial charge in [0.05, 0.1) is 28.0 Å². The number of nitrogens with one attached hydrogen (secondary N) is 2. The first-order valence-corrected chi connectivity index (χ1v) is 13.5. The highest BCUT2D eigenvalue weighted by Crippen LogP contribution is 2.32. The number of anilines is 1. The summed E-state index contributed by atoms with van der Waals surface area (Å²) in [6.45, 7) is 1.19. The summed E-state index contributed by atoms with van der Waals surface area (Å²) in [5.41, 5.74) is 1.63. The number of hydrogen-bond donors (Lipinski definition) is 2. The van der Waals surface area contributed by atoms with Gasteiger partial charge in [0.1, 0.15) is 11.4 Å². The third kappa shape index (κ3) is 5.56. The number of aromatic amines is 1. The zero-order chi connectivity index (χ0) is 26.6. The molecule has 9 nitrogen and oxygen atoms in total. The minimum atomic E-state index is -0.352. The van der Waals surface area contributed by atoms with Crippen LogP contribution in [0.4, 0.5) is 5.82 Å². The van der Waals surface area contributed by atoms with E-state index in [0.717, 1.165) is 23.4 Å². The quantitative estimate of drug-likeness (QED) is 0.287. The van der Waals surface area contributed by atoms with E-state index in [0.29, 0.717) is 46.3 Å². The van der Waals surface area contributed by atoms with Gasteiger partial charge in [0.2, 0.25) is 5.91 Å². The summed E-state index contributed by atoms with van der Waals surface area (Å²) in [4.78, 5) is 44.3. The number of ether oxygens (including phenoxy) is 1. The lowest BCUT2D eigenvalue weighted by Crippen LogP contribution is -2.38. The van der Waals surface area contributed by atoms with E-state index in [4.69, 9.17) is 16.3 Å². The number of nitrogens with zero attached hydrogens (tertiary/aromatic N) is 3. The third-order valence-corrected chi connectivity index (χ3v) is 8.02. The summed E-state index contributed by atoms with van der Waals surface area (Å²) in [5, 5.41) is 13.6. The van der Waals surface area contributed by atoms with E-state index in [1.165, 1.54) is 11.3 Å². The Labute approximate surface area is 228 Å². The normalized spacial score (nSPS) is 14.0. The van der Waals surface area contributed by atoms with Crippen molar-refractivity contribution in [3.8, 4) is 5.75 Å². The van der Waals surface area contributed by atoms with Gasteiger partial charge in [0.15, 0.2) is 11.6 Å². The van der Waals surface area contributed by atoms with Gasteiger partial charge in [-0.2, -0.15) is 5.10 Å². The number of halogens is 1. The Morgan fingerprint density at radius 2 is 1.89 bits per heavy atom. The van der Waals surface area contributed by atoms with Crippen LogP contribution in [0.5, 0.6) is 5.75 Å². The van der Waals surface area contributed by atoms with Gasteiger partial charge < -0.3 is 15.0 Å². The summed E-state index contributed by atoms with van der Waals surface area (Å²) in [6.07, 6.45) is 1.87. The zero-order valence-corrected chi connectivity index (χ0v) is 22.3. The van der Waals surface area contributed by atoms with Crippen LogP contribution in [0.25, 0.3) is 10.9 Å². The van der Waals surface area contributed by atoms with E-state index in [-0.39, 0.29) is 36.4 Å². The van der Waals surface area contributed by atoms with Crippen molar-refractivity contribution in [2.45, 2.75) is 31.6 Å². The molecule has 0 radical (unpaired) electrons. The minimum Gasteiger partial charge on any atom is -0.497 e. The Bertz CT molecular complexity index is 1470. The van der Waals surface area contributed by atoms with Crippen LogP contribution in [0.1, 0.15) is 57.5 Å². The molecule has 1 aliphatic rings. The number of amides is 2. The fourth-order valence-corrected chi connectivity index (χ4v) is 5.78. The maximum Gasteiger partial charge on any atom is 0.276 e. The van der Waals surface area contributed by atoms with E-state index in [2.05, 4.69) is 20.5 Å². The first-order chi connectivity index (χ1) is 18.4. The van der Waals surface area contributed by atoms with Crippen LogP contribution >= 0.6 is 22.9 Å². The van der Waals surface area contributed by atoms with Crippen molar-refractivity contribution in [1.29, 1.82) is 0 Å². The van der Waals surface area contributed by atoms with Crippen molar-refractivity contribution in [3.63, 3.8) is 0 Å². The number of rotatable bonds is 8. The number of carbonyl (C=O) groups excluding carboxylic acids is 3. The maximum absolute atomic E-state index is 12.8. The largest absolute Gasteiger partial charge is 0.497 e. The van der Waals surface area contributed by atoms with Crippen LogP contribution in [-0.2, 0) is 4.79 Å². The van der Waals surface area contributed by atoms with Crippen LogP contribution in [0.2, 0.25) is 5.02 Å². The van der Waals surface area contributed by atoms with Crippen LogP contribution < -0.4 is 10.1 Å². The fourth-order valence-electron chi connectivity index (χ4n) is 4.55. The molecular weight excluding hydrogens is 526 g/mol. The number of ketones is 1. The number of likely N-dealkylation sites (tertiary alicyclic amines) is 1. The lowest BCUT2D eigenvalue weighted by molar-refractivity contribution is -0.132. The van der Waals surface area contributed by atoms with Crippen molar-refractivity contribution < 1.29 is 19.1 Å². The molecule has 0 spiro atoms. The second-order valence-electron chi connectivity index (χ2n) is 9.07. The molecule has 1 saturated heterocycles. The average Bonchev–Trinajstić information content (AvgIpc) is 3.60. The predicted molar refractivity (Wildman–Crippen MR) is 146 cm³/mol. The molecular formula is C27H26ClN5O4S. The zero-order valence-electron chi connectivity index (χ0n) is 20.7. The first-order valence-electron chi connectivity index (χ1n) is 12.3. The fraction of sp³-hybridized carbons (Fsp3) is 0.296. The number of thiazole rings is 1. The number of fused-ring (bicyclic) bond motifs is 1. The summed E-state index contributed by atoms with van der Waals surface area (Å²) in [7, 11) is 1.57. The van der Waals surface area contributed by atoms with Crippen molar-refractivity contribution in [3.05, 3.63) is 69.1 Å². The van der Waals surface area contributed by atoms with E-state index in [9.17, 15) is 14.4 Å². The Morgan fingerprint density at radius 3 is 2.63 bits per heavy atom. The number of carbonyl (C=O) groups is 3. The Morgan fingerprint density at radius 1 is 1.13 bits per heavy atom. The number of methoxy groups -OCH3 is 1. The Balaban J connectivity index is 1.12. The molecule has 4 aromatic rings. The second-order valence-corrected chi connectivity index (χ2v) is 10.4. The van der Waals surface area contributed by atoms with E-state index < -0.39 is 0 Å². The van der Waals surface area contributed by atoms with Crippen LogP contribution in [0.15, 0.2) is 47.8 Å². The molecule has 0 bridgehead atoms. The molecule has 2 N–H and O–H groups in total. The van der Waals surface area contributed by atoms with Gasteiger partial charge in [-0.3, -0.25) is 19.5 Å². The summed E-state index contributed by atoms with van der Waals surface area (Å²) in [6, 6.07) is 12.3. The van der Waals surface area contributed by atoms with Gasteiger partial charge in [0.25, 0.3) is 5.91 Å². The van der Waals surface area contributed by atoms with E-state index in [1.54, 1.807) is 42.8 Å². The molecule has 0 saturated carbocycles. The van der Waals surface area contributed by atoms with Gasteiger partial charge in [-0.05, 0) is 49.2 Å². The lowest BCUT2D eigenvalue weighted by Gasteiger charge is -2.31. The molecule has 2 aromatic heterocycles. The van der Waals surface area contributed by atoms with Crippen molar-refractivity contribution >= 4 is 57.3 Å². The molecule has 5 rings (SSSR count). The van der Waals surface area contributed by atoms with Gasteiger partial charge in [-0.15, -0.1) is 11.3 Å². The molecule has 0 aliphatic carbocycles. The number of Topliss-reactive ketones (excluding diaryl/α,β-unsaturated/α-hetero) is 1. The van der Waals surface area contributed by atoms with Crippen molar-refractivity contribution in [2.24, 2.45) is 0 Å². The van der Waals surface area contributed by atoms with Crippen molar-refractivity contribution in [2.75, 3.05) is 25.5 Å². The SMILES string of the molecule is COc1ccc(C(=O)CCC(=O)N2CCC(c3nc(C(=O)Nc4n[nH]c5cccc(Cl)c45)cs3)CC2)cc1. The first kappa shape index (κ1) is 25.9. The van der Waals surface area contributed by atoms with Gasteiger partial charge in [0, 0.05) is 42.8 Å². The highest BCUT2D eigenvalue weighted by atomic mass is 35.5. The molecule has 3 heterocycles. The topological polar surface area (TPSA) is 117 Å². The molecule has 0 unspecified atom stereocenters.